The number of benzene rings is 1. The summed E-state index contributed by atoms with van der Waals surface area (Å²) in [7, 11) is 0. The van der Waals surface area contributed by atoms with Crippen LogP contribution < -0.4 is 11.1 Å². The Bertz CT molecular complexity index is 380. The number of aryl methyl sites for hydroxylation is 1. The summed E-state index contributed by atoms with van der Waals surface area (Å²) in [6, 6.07) is 5.09. The Balaban J connectivity index is 0.00000256. The SMILES string of the molecule is CCCNC(N)=NCc1ccc(C)c(F)c1.I. The number of hydrogen-bond acceptors (Lipinski definition) is 1. The summed E-state index contributed by atoms with van der Waals surface area (Å²) < 4.78 is 13.2. The van der Waals surface area contributed by atoms with E-state index in [-0.39, 0.29) is 29.8 Å². The summed E-state index contributed by atoms with van der Waals surface area (Å²) >= 11 is 0. The molecule has 0 radical (unpaired) electrons. The zero-order valence-corrected chi connectivity index (χ0v) is 12.5. The van der Waals surface area contributed by atoms with Gasteiger partial charge in [-0.15, -0.1) is 24.0 Å². The molecule has 1 rings (SSSR count). The average molecular weight is 351 g/mol. The van der Waals surface area contributed by atoms with Crippen LogP contribution in [0, 0.1) is 12.7 Å². The van der Waals surface area contributed by atoms with Crippen LogP contribution in [0.15, 0.2) is 23.2 Å². The Morgan fingerprint density at radius 2 is 2.18 bits per heavy atom. The van der Waals surface area contributed by atoms with Crippen molar-refractivity contribution in [1.29, 1.82) is 0 Å². The quantitative estimate of drug-likeness (QED) is 0.498. The van der Waals surface area contributed by atoms with Crippen molar-refractivity contribution >= 4 is 29.9 Å². The number of rotatable bonds is 4. The number of guanidine groups is 1. The van der Waals surface area contributed by atoms with E-state index >= 15 is 0 Å². The minimum absolute atomic E-state index is 0. The van der Waals surface area contributed by atoms with Gasteiger partial charge in [-0.1, -0.05) is 19.1 Å². The van der Waals surface area contributed by atoms with Gasteiger partial charge in [0.05, 0.1) is 6.54 Å². The summed E-state index contributed by atoms with van der Waals surface area (Å²) in [5.41, 5.74) is 7.09. The molecule has 3 nitrogen and oxygen atoms in total. The summed E-state index contributed by atoms with van der Waals surface area (Å²) in [4.78, 5) is 4.12. The number of nitrogens with one attached hydrogen (secondary N) is 1. The molecule has 0 heterocycles. The van der Waals surface area contributed by atoms with Crippen molar-refractivity contribution in [2.45, 2.75) is 26.8 Å². The van der Waals surface area contributed by atoms with Gasteiger partial charge in [-0.25, -0.2) is 9.38 Å². The molecule has 0 fully saturated rings. The summed E-state index contributed by atoms with van der Waals surface area (Å²) in [5, 5.41) is 2.96. The van der Waals surface area contributed by atoms with E-state index < -0.39 is 0 Å². The van der Waals surface area contributed by atoms with Crippen molar-refractivity contribution in [2.75, 3.05) is 6.54 Å². The molecule has 17 heavy (non-hydrogen) atoms. The average Bonchev–Trinajstić information content (AvgIpc) is 2.28. The van der Waals surface area contributed by atoms with Crippen LogP contribution in [0.1, 0.15) is 24.5 Å². The zero-order chi connectivity index (χ0) is 12.0. The summed E-state index contributed by atoms with van der Waals surface area (Å²) in [5.74, 6) is 0.204. The molecule has 0 spiro atoms. The summed E-state index contributed by atoms with van der Waals surface area (Å²) in [6.07, 6.45) is 0.995. The first-order valence-corrected chi connectivity index (χ1v) is 5.42. The lowest BCUT2D eigenvalue weighted by atomic mass is 10.1. The Labute approximate surface area is 119 Å². The van der Waals surface area contributed by atoms with Crippen molar-refractivity contribution in [2.24, 2.45) is 10.7 Å². The lowest BCUT2D eigenvalue weighted by Gasteiger charge is -2.04. The molecule has 3 N–H and O–H groups in total. The highest BCUT2D eigenvalue weighted by Gasteiger charge is 1.98. The van der Waals surface area contributed by atoms with Gasteiger partial charge >= 0.3 is 0 Å². The summed E-state index contributed by atoms with van der Waals surface area (Å²) in [6.45, 7) is 4.99. The predicted molar refractivity (Wildman–Crippen MR) is 80.2 cm³/mol. The highest BCUT2D eigenvalue weighted by atomic mass is 127. The lowest BCUT2D eigenvalue weighted by Crippen LogP contribution is -2.32. The van der Waals surface area contributed by atoms with Crippen LogP contribution >= 0.6 is 24.0 Å². The van der Waals surface area contributed by atoms with Gasteiger partial charge < -0.3 is 11.1 Å². The molecule has 0 aromatic heterocycles. The molecule has 0 unspecified atom stereocenters. The monoisotopic (exact) mass is 351 g/mol. The first-order valence-electron chi connectivity index (χ1n) is 5.42. The Hall–Kier alpha value is -0.850. The predicted octanol–water partition coefficient (Wildman–Crippen LogP) is 2.57. The van der Waals surface area contributed by atoms with Gasteiger partial charge in [-0.05, 0) is 30.5 Å². The molecule has 1 aromatic carbocycles. The second-order valence-electron chi connectivity index (χ2n) is 3.71. The van der Waals surface area contributed by atoms with Crippen molar-refractivity contribution in [3.63, 3.8) is 0 Å². The number of hydrogen-bond donors (Lipinski definition) is 2. The molecule has 0 saturated carbocycles. The molecule has 0 bridgehead atoms. The second kappa shape index (κ2) is 8.27. The molecule has 1 aromatic rings. The van der Waals surface area contributed by atoms with E-state index in [1.54, 1.807) is 13.0 Å². The molecule has 0 aliphatic heterocycles. The molecule has 0 atom stereocenters. The maximum Gasteiger partial charge on any atom is 0.188 e. The fourth-order valence-electron chi connectivity index (χ4n) is 1.22. The molecule has 0 saturated heterocycles. The molecule has 96 valence electrons. The largest absolute Gasteiger partial charge is 0.370 e. The topological polar surface area (TPSA) is 50.4 Å². The smallest absolute Gasteiger partial charge is 0.188 e. The molecule has 5 heteroatoms. The van der Waals surface area contributed by atoms with Gasteiger partial charge in [0, 0.05) is 6.54 Å². The van der Waals surface area contributed by atoms with Gasteiger partial charge in [-0.3, -0.25) is 0 Å². The lowest BCUT2D eigenvalue weighted by molar-refractivity contribution is 0.616. The number of nitrogens with zero attached hydrogens (tertiary/aromatic N) is 1. The van der Waals surface area contributed by atoms with Gasteiger partial charge in [-0.2, -0.15) is 0 Å². The van der Waals surface area contributed by atoms with Gasteiger partial charge in [0.15, 0.2) is 5.96 Å². The van der Waals surface area contributed by atoms with Crippen LogP contribution in [0.3, 0.4) is 0 Å². The van der Waals surface area contributed by atoms with E-state index in [1.807, 2.05) is 6.07 Å². The van der Waals surface area contributed by atoms with Crippen LogP contribution in [0.25, 0.3) is 0 Å². The van der Waals surface area contributed by atoms with Gasteiger partial charge in [0.2, 0.25) is 0 Å². The molecule has 0 amide bonds. The third-order valence-electron chi connectivity index (χ3n) is 2.22. The van der Waals surface area contributed by atoms with E-state index in [0.717, 1.165) is 18.5 Å². The van der Waals surface area contributed by atoms with Gasteiger partial charge in [0.25, 0.3) is 0 Å². The Morgan fingerprint density at radius 3 is 2.76 bits per heavy atom. The molecular weight excluding hydrogens is 332 g/mol. The third-order valence-corrected chi connectivity index (χ3v) is 2.22. The Morgan fingerprint density at radius 1 is 1.47 bits per heavy atom. The van der Waals surface area contributed by atoms with Crippen LogP contribution in [-0.2, 0) is 6.54 Å². The highest BCUT2D eigenvalue weighted by Crippen LogP contribution is 2.09. The minimum atomic E-state index is -0.201. The molecule has 0 aliphatic rings. The van der Waals surface area contributed by atoms with Crippen molar-refractivity contribution in [3.8, 4) is 0 Å². The van der Waals surface area contributed by atoms with E-state index in [4.69, 9.17) is 5.73 Å². The number of halogens is 2. The van der Waals surface area contributed by atoms with E-state index in [2.05, 4.69) is 17.2 Å². The van der Waals surface area contributed by atoms with Crippen molar-refractivity contribution in [1.82, 2.24) is 5.32 Å². The third kappa shape index (κ3) is 5.86. The zero-order valence-electron chi connectivity index (χ0n) is 10.2. The normalized spacial score (nSPS) is 10.9. The fourth-order valence-corrected chi connectivity index (χ4v) is 1.22. The second-order valence-corrected chi connectivity index (χ2v) is 3.71. The van der Waals surface area contributed by atoms with E-state index in [1.165, 1.54) is 6.07 Å². The highest BCUT2D eigenvalue weighted by molar-refractivity contribution is 14.0. The number of nitrogens with two attached hydrogens (primary N) is 1. The first-order chi connectivity index (χ1) is 7.63. The number of aliphatic imine (C=N–C) groups is 1. The van der Waals surface area contributed by atoms with Crippen LogP contribution in [0.5, 0.6) is 0 Å². The van der Waals surface area contributed by atoms with Crippen molar-refractivity contribution < 1.29 is 4.39 Å². The van der Waals surface area contributed by atoms with Crippen LogP contribution in [0.2, 0.25) is 0 Å². The first kappa shape index (κ1) is 16.1. The standard InChI is InChI=1S/C12H18FN3.HI/c1-3-6-15-12(14)16-8-10-5-4-9(2)11(13)7-10;/h4-5,7H,3,6,8H2,1-2H3,(H3,14,15,16);1H. The minimum Gasteiger partial charge on any atom is -0.370 e. The van der Waals surface area contributed by atoms with E-state index in [0.29, 0.717) is 18.1 Å². The fraction of sp³-hybridized carbons (Fsp3) is 0.417. The maximum atomic E-state index is 13.2. The van der Waals surface area contributed by atoms with Crippen molar-refractivity contribution in [3.05, 3.63) is 35.1 Å². The van der Waals surface area contributed by atoms with Crippen LogP contribution in [-0.4, -0.2) is 12.5 Å². The van der Waals surface area contributed by atoms with Gasteiger partial charge in [0.1, 0.15) is 5.82 Å². The maximum absolute atomic E-state index is 13.2. The molecular formula is C12H19FIN3. The van der Waals surface area contributed by atoms with E-state index in [9.17, 15) is 4.39 Å². The van der Waals surface area contributed by atoms with Crippen LogP contribution in [0.4, 0.5) is 4.39 Å². The molecule has 0 aliphatic carbocycles. The Kier molecular flexibility index (Phi) is 7.86.